The molecule has 7 nitrogen and oxygen atoms in total. The molecule has 110 valence electrons. The third-order valence-electron chi connectivity index (χ3n) is 3.20. The number of halogens is 1. The first-order chi connectivity index (χ1) is 9.47. The van der Waals surface area contributed by atoms with Gasteiger partial charge in [0.15, 0.2) is 11.0 Å². The van der Waals surface area contributed by atoms with E-state index in [9.17, 15) is 9.90 Å². The number of nitrogens with zero attached hydrogens (tertiary/aromatic N) is 4. The fourth-order valence-corrected chi connectivity index (χ4v) is 2.44. The summed E-state index contributed by atoms with van der Waals surface area (Å²) in [5.74, 6) is -0.0955. The van der Waals surface area contributed by atoms with Gasteiger partial charge < -0.3 is 15.7 Å². The fraction of sp³-hybridized carbons (Fsp3) is 0.583. The average Bonchev–Trinajstić information content (AvgIpc) is 2.39. The summed E-state index contributed by atoms with van der Waals surface area (Å²) < 4.78 is 0. The zero-order valence-corrected chi connectivity index (χ0v) is 12.0. The van der Waals surface area contributed by atoms with Gasteiger partial charge in [-0.05, 0) is 13.0 Å². The molecule has 0 radical (unpaired) electrons. The van der Waals surface area contributed by atoms with Gasteiger partial charge in [-0.15, -0.1) is 10.2 Å². The lowest BCUT2D eigenvalue weighted by Crippen LogP contribution is -2.49. The number of amides is 1. The van der Waals surface area contributed by atoms with E-state index in [-0.39, 0.29) is 16.8 Å². The van der Waals surface area contributed by atoms with Crippen molar-refractivity contribution in [3.63, 3.8) is 0 Å². The Morgan fingerprint density at radius 1 is 1.45 bits per heavy atom. The van der Waals surface area contributed by atoms with Gasteiger partial charge in [0.05, 0.1) is 11.7 Å². The summed E-state index contributed by atoms with van der Waals surface area (Å²) in [5, 5.41) is 17.3. The standard InChI is InChI=1S/C12H18ClN5O2/c1-8(19)7-17-2-4-18(5-3-17)12-9(11(14)20)6-10(13)15-16-12/h6,8,19H,2-5,7H2,1H3,(H2,14,20)/t8-/m1/s1. The number of β-amino-alcohol motifs (C(OH)–C–C–N with tert-alkyl or cyclic N) is 1. The number of aliphatic hydroxyl groups is 1. The summed E-state index contributed by atoms with van der Waals surface area (Å²) >= 11 is 5.74. The maximum Gasteiger partial charge on any atom is 0.252 e. The minimum absolute atomic E-state index is 0.148. The number of piperazine rings is 1. The Kier molecular flexibility index (Phi) is 4.74. The number of nitrogens with two attached hydrogens (primary N) is 1. The van der Waals surface area contributed by atoms with Gasteiger partial charge >= 0.3 is 0 Å². The van der Waals surface area contributed by atoms with Crippen LogP contribution in [-0.2, 0) is 0 Å². The van der Waals surface area contributed by atoms with Crippen molar-refractivity contribution in [1.29, 1.82) is 0 Å². The molecule has 2 heterocycles. The molecule has 0 bridgehead atoms. The second-order valence-electron chi connectivity index (χ2n) is 4.91. The van der Waals surface area contributed by atoms with Crippen LogP contribution >= 0.6 is 11.6 Å². The number of rotatable bonds is 4. The number of hydrogen-bond acceptors (Lipinski definition) is 6. The molecule has 1 saturated heterocycles. The van der Waals surface area contributed by atoms with Crippen molar-refractivity contribution in [2.24, 2.45) is 5.73 Å². The lowest BCUT2D eigenvalue weighted by atomic mass is 10.2. The van der Waals surface area contributed by atoms with Gasteiger partial charge in [0.25, 0.3) is 5.91 Å². The minimum Gasteiger partial charge on any atom is -0.392 e. The molecule has 3 N–H and O–H groups in total. The number of primary amides is 1. The van der Waals surface area contributed by atoms with Crippen LogP contribution in [0.15, 0.2) is 6.07 Å². The van der Waals surface area contributed by atoms with E-state index in [1.807, 2.05) is 4.90 Å². The van der Waals surface area contributed by atoms with Crippen LogP contribution in [0.4, 0.5) is 5.82 Å². The normalized spacial score (nSPS) is 18.1. The molecule has 0 saturated carbocycles. The van der Waals surface area contributed by atoms with Crippen LogP contribution < -0.4 is 10.6 Å². The van der Waals surface area contributed by atoms with E-state index in [0.29, 0.717) is 25.5 Å². The molecule has 1 aliphatic heterocycles. The first-order valence-electron chi connectivity index (χ1n) is 6.45. The van der Waals surface area contributed by atoms with Crippen LogP contribution in [0.25, 0.3) is 0 Å². The molecular weight excluding hydrogens is 282 g/mol. The summed E-state index contributed by atoms with van der Waals surface area (Å²) in [6.07, 6.45) is -0.349. The summed E-state index contributed by atoms with van der Waals surface area (Å²) in [6, 6.07) is 1.44. The van der Waals surface area contributed by atoms with Crippen molar-refractivity contribution in [3.05, 3.63) is 16.8 Å². The van der Waals surface area contributed by atoms with Gasteiger partial charge in [-0.2, -0.15) is 0 Å². The number of aromatic nitrogens is 2. The van der Waals surface area contributed by atoms with Crippen molar-refractivity contribution < 1.29 is 9.90 Å². The van der Waals surface area contributed by atoms with Crippen LogP contribution in [0.2, 0.25) is 5.15 Å². The molecule has 2 rings (SSSR count). The van der Waals surface area contributed by atoms with E-state index in [1.165, 1.54) is 6.07 Å². The van der Waals surface area contributed by atoms with Crippen molar-refractivity contribution in [2.45, 2.75) is 13.0 Å². The fourth-order valence-electron chi connectivity index (χ4n) is 2.29. The van der Waals surface area contributed by atoms with Crippen molar-refractivity contribution in [3.8, 4) is 0 Å². The van der Waals surface area contributed by atoms with Gasteiger partial charge in [0.2, 0.25) is 0 Å². The molecular formula is C12H18ClN5O2. The first-order valence-corrected chi connectivity index (χ1v) is 6.83. The molecule has 1 atom stereocenters. The molecule has 0 unspecified atom stereocenters. The largest absolute Gasteiger partial charge is 0.392 e. The van der Waals surface area contributed by atoms with Crippen LogP contribution in [0.1, 0.15) is 17.3 Å². The second-order valence-corrected chi connectivity index (χ2v) is 5.29. The Morgan fingerprint density at radius 2 is 2.10 bits per heavy atom. The lowest BCUT2D eigenvalue weighted by Gasteiger charge is -2.36. The Hall–Kier alpha value is -1.44. The first kappa shape index (κ1) is 15.0. The van der Waals surface area contributed by atoms with Crippen LogP contribution in [0, 0.1) is 0 Å². The quantitative estimate of drug-likeness (QED) is 0.795. The molecule has 1 aromatic heterocycles. The molecule has 1 amide bonds. The molecule has 0 spiro atoms. The third-order valence-corrected chi connectivity index (χ3v) is 3.39. The van der Waals surface area contributed by atoms with E-state index >= 15 is 0 Å². The van der Waals surface area contributed by atoms with E-state index in [0.717, 1.165) is 13.1 Å². The summed E-state index contributed by atoms with van der Waals surface area (Å²) in [7, 11) is 0. The van der Waals surface area contributed by atoms with Crippen LogP contribution in [0.3, 0.4) is 0 Å². The van der Waals surface area contributed by atoms with Gasteiger partial charge in [-0.1, -0.05) is 11.6 Å². The van der Waals surface area contributed by atoms with E-state index in [1.54, 1.807) is 6.92 Å². The topological polar surface area (TPSA) is 95.6 Å². The maximum atomic E-state index is 11.5. The Labute approximate surface area is 122 Å². The number of carbonyl (C=O) groups excluding carboxylic acids is 1. The highest BCUT2D eigenvalue weighted by Crippen LogP contribution is 2.20. The number of anilines is 1. The number of aliphatic hydroxyl groups excluding tert-OH is 1. The molecule has 0 aromatic carbocycles. The number of carbonyl (C=O) groups is 1. The van der Waals surface area contributed by atoms with Crippen molar-refractivity contribution in [2.75, 3.05) is 37.6 Å². The Balaban J connectivity index is 2.09. The predicted octanol–water partition coefficient (Wildman–Crippen LogP) is -0.268. The lowest BCUT2D eigenvalue weighted by molar-refractivity contribution is 0.1000. The molecule has 1 aromatic rings. The highest BCUT2D eigenvalue weighted by molar-refractivity contribution is 6.29. The zero-order chi connectivity index (χ0) is 14.7. The minimum atomic E-state index is -0.566. The molecule has 8 heteroatoms. The SMILES string of the molecule is C[C@@H](O)CN1CCN(c2nnc(Cl)cc2C(N)=O)CC1. The summed E-state index contributed by atoms with van der Waals surface area (Å²) in [5.41, 5.74) is 5.63. The van der Waals surface area contributed by atoms with Crippen LogP contribution in [0.5, 0.6) is 0 Å². The van der Waals surface area contributed by atoms with Gasteiger partial charge in [0, 0.05) is 32.7 Å². The molecule has 0 aliphatic carbocycles. The molecule has 1 aliphatic rings. The Morgan fingerprint density at radius 3 is 2.65 bits per heavy atom. The molecule has 1 fully saturated rings. The monoisotopic (exact) mass is 299 g/mol. The second kappa shape index (κ2) is 6.34. The van der Waals surface area contributed by atoms with Crippen molar-refractivity contribution >= 4 is 23.3 Å². The maximum absolute atomic E-state index is 11.5. The predicted molar refractivity (Wildman–Crippen MR) is 75.9 cm³/mol. The van der Waals surface area contributed by atoms with Gasteiger partial charge in [0.1, 0.15) is 0 Å². The average molecular weight is 300 g/mol. The summed E-state index contributed by atoms with van der Waals surface area (Å²) in [6.45, 7) is 5.37. The zero-order valence-electron chi connectivity index (χ0n) is 11.3. The van der Waals surface area contributed by atoms with Crippen LogP contribution in [-0.4, -0.2) is 64.9 Å². The third kappa shape index (κ3) is 3.56. The smallest absolute Gasteiger partial charge is 0.252 e. The summed E-state index contributed by atoms with van der Waals surface area (Å²) in [4.78, 5) is 15.6. The number of hydrogen-bond donors (Lipinski definition) is 2. The van der Waals surface area contributed by atoms with Gasteiger partial charge in [-0.3, -0.25) is 9.69 Å². The Bertz CT molecular complexity index is 489. The molecule has 20 heavy (non-hydrogen) atoms. The van der Waals surface area contributed by atoms with E-state index < -0.39 is 5.91 Å². The van der Waals surface area contributed by atoms with Crippen molar-refractivity contribution in [1.82, 2.24) is 15.1 Å². The van der Waals surface area contributed by atoms with E-state index in [4.69, 9.17) is 17.3 Å². The van der Waals surface area contributed by atoms with Gasteiger partial charge in [-0.25, -0.2) is 0 Å². The highest BCUT2D eigenvalue weighted by atomic mass is 35.5. The highest BCUT2D eigenvalue weighted by Gasteiger charge is 2.23. The van der Waals surface area contributed by atoms with E-state index in [2.05, 4.69) is 15.1 Å².